The Bertz CT molecular complexity index is 269. The molecule has 0 saturated carbocycles. The molecule has 2 N–H and O–H groups in total. The number of carboxylic acids is 1. The molecule has 17 heavy (non-hydrogen) atoms. The van der Waals surface area contributed by atoms with E-state index in [1.165, 1.54) is 0 Å². The van der Waals surface area contributed by atoms with E-state index in [9.17, 15) is 9.59 Å². The van der Waals surface area contributed by atoms with Gasteiger partial charge in [0.2, 0.25) is 5.91 Å². The number of hydrogen-bond acceptors (Lipinski definition) is 3. The average molecular weight is 244 g/mol. The monoisotopic (exact) mass is 244 g/mol. The second-order valence-corrected chi connectivity index (χ2v) is 5.56. The Kier molecular flexibility index (Phi) is 6.16. The van der Waals surface area contributed by atoms with Crippen molar-refractivity contribution in [2.45, 2.75) is 39.7 Å². The Morgan fingerprint density at radius 1 is 1.29 bits per heavy atom. The average Bonchev–Trinajstić information content (AvgIpc) is 2.13. The fraction of sp³-hybridized carbons (Fsp3) is 0.833. The van der Waals surface area contributed by atoms with Crippen LogP contribution in [0.15, 0.2) is 0 Å². The Morgan fingerprint density at radius 3 is 2.18 bits per heavy atom. The molecule has 0 aromatic carbocycles. The molecule has 0 heterocycles. The summed E-state index contributed by atoms with van der Waals surface area (Å²) in [6.07, 6.45) is 1.20. The van der Waals surface area contributed by atoms with Gasteiger partial charge in [-0.15, -0.1) is 0 Å². The van der Waals surface area contributed by atoms with Crippen molar-refractivity contribution in [3.05, 3.63) is 0 Å². The zero-order valence-corrected chi connectivity index (χ0v) is 11.4. The molecule has 5 heteroatoms. The molecule has 0 bridgehead atoms. The molecule has 0 aliphatic heterocycles. The van der Waals surface area contributed by atoms with E-state index in [-0.39, 0.29) is 5.91 Å². The van der Waals surface area contributed by atoms with Crippen LogP contribution in [0.25, 0.3) is 0 Å². The molecule has 1 amide bonds. The molecule has 0 radical (unpaired) electrons. The van der Waals surface area contributed by atoms with Crippen molar-refractivity contribution in [2.24, 2.45) is 5.41 Å². The molecule has 1 atom stereocenters. The van der Waals surface area contributed by atoms with Gasteiger partial charge in [-0.3, -0.25) is 4.79 Å². The molecule has 0 saturated heterocycles. The van der Waals surface area contributed by atoms with Crippen molar-refractivity contribution in [2.75, 3.05) is 20.6 Å². The highest BCUT2D eigenvalue weighted by molar-refractivity contribution is 5.86. The first-order valence-electron chi connectivity index (χ1n) is 5.83. The first-order valence-corrected chi connectivity index (χ1v) is 5.83. The van der Waals surface area contributed by atoms with Crippen molar-refractivity contribution in [1.82, 2.24) is 10.2 Å². The highest BCUT2D eigenvalue weighted by atomic mass is 16.4. The van der Waals surface area contributed by atoms with Crippen molar-refractivity contribution in [1.29, 1.82) is 0 Å². The highest BCUT2D eigenvalue weighted by Gasteiger charge is 2.26. The number of nitrogens with one attached hydrogen (secondary N) is 1. The number of amides is 1. The lowest BCUT2D eigenvalue weighted by atomic mass is 9.95. The fourth-order valence-electron chi connectivity index (χ4n) is 1.24. The van der Waals surface area contributed by atoms with Crippen molar-refractivity contribution in [3.8, 4) is 0 Å². The first-order chi connectivity index (χ1) is 7.64. The summed E-state index contributed by atoms with van der Waals surface area (Å²) in [6.45, 7) is 6.11. The van der Waals surface area contributed by atoms with E-state index in [0.717, 1.165) is 13.0 Å². The van der Waals surface area contributed by atoms with E-state index in [1.54, 1.807) is 20.8 Å². The van der Waals surface area contributed by atoms with Gasteiger partial charge < -0.3 is 15.3 Å². The van der Waals surface area contributed by atoms with Gasteiger partial charge in [0.25, 0.3) is 0 Å². The van der Waals surface area contributed by atoms with Crippen LogP contribution in [0.1, 0.15) is 33.6 Å². The van der Waals surface area contributed by atoms with Crippen LogP contribution in [0.4, 0.5) is 0 Å². The molecule has 100 valence electrons. The van der Waals surface area contributed by atoms with Crippen LogP contribution in [-0.2, 0) is 9.59 Å². The van der Waals surface area contributed by atoms with Gasteiger partial charge in [-0.05, 0) is 33.5 Å². The molecule has 0 spiro atoms. The molecule has 0 aromatic rings. The van der Waals surface area contributed by atoms with Crippen LogP contribution in [0.3, 0.4) is 0 Å². The Labute approximate surface area is 103 Å². The second-order valence-electron chi connectivity index (χ2n) is 5.56. The number of rotatable bonds is 6. The Morgan fingerprint density at radius 2 is 1.82 bits per heavy atom. The fourth-order valence-corrected chi connectivity index (χ4v) is 1.24. The molecule has 0 aliphatic rings. The Hall–Kier alpha value is -1.10. The number of carboxylic acid groups (broad SMARTS) is 1. The summed E-state index contributed by atoms with van der Waals surface area (Å²) in [5, 5.41) is 11.6. The third-order valence-electron chi connectivity index (χ3n) is 2.38. The van der Waals surface area contributed by atoms with Gasteiger partial charge in [-0.2, -0.15) is 0 Å². The van der Waals surface area contributed by atoms with Gasteiger partial charge in [0.05, 0.1) is 0 Å². The summed E-state index contributed by atoms with van der Waals surface area (Å²) in [5.74, 6) is -1.20. The lowest BCUT2D eigenvalue weighted by Gasteiger charge is -2.22. The quantitative estimate of drug-likeness (QED) is 0.729. The van der Waals surface area contributed by atoms with Gasteiger partial charge in [-0.25, -0.2) is 4.79 Å². The predicted molar refractivity (Wildman–Crippen MR) is 66.8 cm³/mol. The number of carbonyl (C=O) groups excluding carboxylic acids is 1. The molecule has 0 fully saturated rings. The van der Waals surface area contributed by atoms with Gasteiger partial charge in [0.15, 0.2) is 0 Å². The minimum Gasteiger partial charge on any atom is -0.480 e. The van der Waals surface area contributed by atoms with Crippen molar-refractivity contribution in [3.63, 3.8) is 0 Å². The molecule has 0 rings (SSSR count). The lowest BCUT2D eigenvalue weighted by Crippen LogP contribution is -2.45. The van der Waals surface area contributed by atoms with Gasteiger partial charge in [0, 0.05) is 5.41 Å². The van der Waals surface area contributed by atoms with E-state index >= 15 is 0 Å². The zero-order chi connectivity index (χ0) is 13.6. The van der Waals surface area contributed by atoms with E-state index in [4.69, 9.17) is 5.11 Å². The third-order valence-corrected chi connectivity index (χ3v) is 2.38. The summed E-state index contributed by atoms with van der Waals surface area (Å²) in [4.78, 5) is 24.7. The second kappa shape index (κ2) is 6.59. The largest absolute Gasteiger partial charge is 0.480 e. The van der Waals surface area contributed by atoms with Crippen LogP contribution < -0.4 is 5.32 Å². The smallest absolute Gasteiger partial charge is 0.326 e. The normalized spacial score (nSPS) is 13.5. The van der Waals surface area contributed by atoms with Crippen LogP contribution in [0.2, 0.25) is 0 Å². The number of nitrogens with zero attached hydrogens (tertiary/aromatic N) is 1. The molecule has 5 nitrogen and oxygen atoms in total. The van der Waals surface area contributed by atoms with Crippen molar-refractivity contribution >= 4 is 11.9 Å². The predicted octanol–water partition coefficient (Wildman–Crippen LogP) is 0.944. The standard InChI is InChI=1S/C12H24N2O3/c1-12(2,3)11(17)13-9(10(15)16)7-6-8-14(4)5/h9H,6-8H2,1-5H3,(H,13,17)(H,15,16)/t9-/m0/s1. The molecular weight excluding hydrogens is 220 g/mol. The highest BCUT2D eigenvalue weighted by Crippen LogP contribution is 2.13. The molecule has 0 aromatic heterocycles. The Balaban J connectivity index is 4.26. The SMILES string of the molecule is CN(C)CCC[C@H](NC(=O)C(C)(C)C)C(=O)O. The first kappa shape index (κ1) is 15.9. The number of carbonyl (C=O) groups is 2. The maximum Gasteiger partial charge on any atom is 0.326 e. The summed E-state index contributed by atoms with van der Waals surface area (Å²) in [6, 6.07) is -0.790. The van der Waals surface area contributed by atoms with E-state index in [1.807, 2.05) is 19.0 Å². The van der Waals surface area contributed by atoms with Crippen LogP contribution >= 0.6 is 0 Å². The maximum absolute atomic E-state index is 11.7. The van der Waals surface area contributed by atoms with Gasteiger partial charge >= 0.3 is 5.97 Å². The zero-order valence-electron chi connectivity index (χ0n) is 11.4. The molecule has 0 aliphatic carbocycles. The van der Waals surface area contributed by atoms with Gasteiger partial charge in [-0.1, -0.05) is 20.8 Å². The molecular formula is C12H24N2O3. The van der Waals surface area contributed by atoms with E-state index < -0.39 is 17.4 Å². The minimum atomic E-state index is -0.971. The van der Waals surface area contributed by atoms with E-state index in [2.05, 4.69) is 5.32 Å². The van der Waals surface area contributed by atoms with Crippen molar-refractivity contribution < 1.29 is 14.7 Å². The van der Waals surface area contributed by atoms with Crippen LogP contribution in [-0.4, -0.2) is 48.6 Å². The van der Waals surface area contributed by atoms with Crippen LogP contribution in [0, 0.1) is 5.41 Å². The topological polar surface area (TPSA) is 69.6 Å². The third kappa shape index (κ3) is 6.94. The summed E-state index contributed by atoms with van der Waals surface area (Å²) in [5.41, 5.74) is -0.560. The van der Waals surface area contributed by atoms with Crippen LogP contribution in [0.5, 0.6) is 0 Å². The number of hydrogen-bond donors (Lipinski definition) is 2. The minimum absolute atomic E-state index is 0.227. The van der Waals surface area contributed by atoms with E-state index in [0.29, 0.717) is 6.42 Å². The van der Waals surface area contributed by atoms with Gasteiger partial charge in [0.1, 0.15) is 6.04 Å². The molecule has 0 unspecified atom stereocenters. The number of aliphatic carboxylic acids is 1. The lowest BCUT2D eigenvalue weighted by molar-refractivity contribution is -0.143. The summed E-state index contributed by atoms with van der Waals surface area (Å²) >= 11 is 0. The maximum atomic E-state index is 11.7. The summed E-state index contributed by atoms with van der Waals surface area (Å²) < 4.78 is 0. The summed E-state index contributed by atoms with van der Waals surface area (Å²) in [7, 11) is 3.87.